The quantitative estimate of drug-likeness (QED) is 0.638. The average molecular weight is 177 g/mol. The molecule has 2 nitrogen and oxygen atoms in total. The summed E-state index contributed by atoms with van der Waals surface area (Å²) in [4.78, 5) is 12.3. The van der Waals surface area contributed by atoms with E-state index in [2.05, 4.69) is 17.0 Å². The van der Waals surface area contributed by atoms with Crippen LogP contribution in [-0.2, 0) is 11.3 Å². The van der Waals surface area contributed by atoms with E-state index in [9.17, 15) is 4.79 Å². The highest BCUT2D eigenvalue weighted by Crippen LogP contribution is 2.02. The maximum atomic E-state index is 10.1. The Hall–Kier alpha value is -1.15. The number of nitrogens with zero attached hydrogens (tertiary/aromatic N) is 1. The van der Waals surface area contributed by atoms with Crippen molar-refractivity contribution in [2.75, 3.05) is 13.6 Å². The Morgan fingerprint density at radius 1 is 1.31 bits per heavy atom. The molecule has 0 radical (unpaired) electrons. The number of hydrogen-bond acceptors (Lipinski definition) is 2. The molecule has 0 bridgehead atoms. The number of carbonyl (C=O) groups excluding carboxylic acids is 1. The van der Waals surface area contributed by atoms with E-state index in [0.717, 1.165) is 19.4 Å². The molecule has 13 heavy (non-hydrogen) atoms. The van der Waals surface area contributed by atoms with Gasteiger partial charge in [0.1, 0.15) is 6.29 Å². The molecule has 0 spiro atoms. The predicted molar refractivity (Wildman–Crippen MR) is 53.5 cm³/mol. The van der Waals surface area contributed by atoms with Crippen molar-refractivity contribution in [3.05, 3.63) is 35.9 Å². The van der Waals surface area contributed by atoms with Gasteiger partial charge < -0.3 is 9.69 Å². The molecule has 0 aliphatic heterocycles. The maximum absolute atomic E-state index is 10.1. The minimum Gasteiger partial charge on any atom is -0.303 e. The first-order valence-electron chi connectivity index (χ1n) is 4.49. The molecule has 0 aromatic heterocycles. The van der Waals surface area contributed by atoms with Gasteiger partial charge in [-0.3, -0.25) is 0 Å². The summed E-state index contributed by atoms with van der Waals surface area (Å²) in [6, 6.07) is 10.3. The molecule has 1 rings (SSSR count). The van der Waals surface area contributed by atoms with Crippen LogP contribution in [0.2, 0.25) is 0 Å². The van der Waals surface area contributed by atoms with E-state index in [-0.39, 0.29) is 0 Å². The molecule has 0 heterocycles. The fourth-order valence-corrected chi connectivity index (χ4v) is 1.25. The third-order valence-corrected chi connectivity index (χ3v) is 1.92. The number of hydrogen-bond donors (Lipinski definition) is 0. The predicted octanol–water partition coefficient (Wildman–Crippen LogP) is 1.71. The van der Waals surface area contributed by atoms with E-state index in [4.69, 9.17) is 0 Å². The third-order valence-electron chi connectivity index (χ3n) is 1.92. The lowest BCUT2D eigenvalue weighted by atomic mass is 10.2. The van der Waals surface area contributed by atoms with Crippen LogP contribution in [0.5, 0.6) is 0 Å². The van der Waals surface area contributed by atoms with Gasteiger partial charge in [0, 0.05) is 19.5 Å². The summed E-state index contributed by atoms with van der Waals surface area (Å²) in [7, 11) is 2.02. The monoisotopic (exact) mass is 177 g/mol. The van der Waals surface area contributed by atoms with E-state index in [1.807, 2.05) is 25.2 Å². The lowest BCUT2D eigenvalue weighted by Crippen LogP contribution is -2.19. The third kappa shape index (κ3) is 3.85. The van der Waals surface area contributed by atoms with Gasteiger partial charge in [0.2, 0.25) is 0 Å². The standard InChI is InChI=1S/C11H15NO/c1-12(8-5-9-13)10-11-6-3-2-4-7-11/h2-4,6-7,9H,5,8,10H2,1H3. The highest BCUT2D eigenvalue weighted by atomic mass is 16.1. The summed E-state index contributed by atoms with van der Waals surface area (Å²) >= 11 is 0. The van der Waals surface area contributed by atoms with Crippen LogP contribution in [0.1, 0.15) is 12.0 Å². The van der Waals surface area contributed by atoms with Crippen LogP contribution in [0, 0.1) is 0 Å². The Kier molecular flexibility index (Phi) is 4.19. The smallest absolute Gasteiger partial charge is 0.121 e. The number of carbonyl (C=O) groups is 1. The van der Waals surface area contributed by atoms with Crippen molar-refractivity contribution in [3.63, 3.8) is 0 Å². The van der Waals surface area contributed by atoms with Gasteiger partial charge in [-0.05, 0) is 12.6 Å². The van der Waals surface area contributed by atoms with Crippen molar-refractivity contribution in [1.82, 2.24) is 4.90 Å². The van der Waals surface area contributed by atoms with Crippen molar-refractivity contribution in [3.8, 4) is 0 Å². The summed E-state index contributed by atoms with van der Waals surface area (Å²) < 4.78 is 0. The van der Waals surface area contributed by atoms with Crippen LogP contribution in [0.25, 0.3) is 0 Å². The van der Waals surface area contributed by atoms with Crippen molar-refractivity contribution in [2.45, 2.75) is 13.0 Å². The summed E-state index contributed by atoms with van der Waals surface area (Å²) in [6.07, 6.45) is 1.57. The Labute approximate surface area is 79.2 Å². The van der Waals surface area contributed by atoms with Crippen LogP contribution in [0.4, 0.5) is 0 Å². The fraction of sp³-hybridized carbons (Fsp3) is 0.364. The molecular weight excluding hydrogens is 162 g/mol. The minimum atomic E-state index is 0.614. The molecule has 70 valence electrons. The molecule has 0 saturated heterocycles. The van der Waals surface area contributed by atoms with Crippen LogP contribution >= 0.6 is 0 Å². The van der Waals surface area contributed by atoms with E-state index in [1.54, 1.807) is 0 Å². The SMILES string of the molecule is CN(CCC=O)Cc1ccccc1. The topological polar surface area (TPSA) is 20.3 Å². The number of benzene rings is 1. The van der Waals surface area contributed by atoms with E-state index in [0.29, 0.717) is 6.42 Å². The number of rotatable bonds is 5. The molecule has 0 saturated carbocycles. The molecule has 2 heteroatoms. The summed E-state index contributed by atoms with van der Waals surface area (Å²) in [5, 5.41) is 0. The lowest BCUT2D eigenvalue weighted by molar-refractivity contribution is -0.108. The fourth-order valence-electron chi connectivity index (χ4n) is 1.25. The van der Waals surface area contributed by atoms with Gasteiger partial charge in [0.05, 0.1) is 0 Å². The van der Waals surface area contributed by atoms with Gasteiger partial charge in [0.25, 0.3) is 0 Å². The second-order valence-electron chi connectivity index (χ2n) is 3.18. The summed E-state index contributed by atoms with van der Waals surface area (Å²) in [6.45, 7) is 1.74. The normalized spacial score (nSPS) is 10.3. The molecule has 0 aliphatic carbocycles. The van der Waals surface area contributed by atoms with Crippen molar-refractivity contribution < 1.29 is 4.79 Å². The number of aldehydes is 1. The molecule has 1 aromatic carbocycles. The molecule has 0 unspecified atom stereocenters. The summed E-state index contributed by atoms with van der Waals surface area (Å²) in [5.74, 6) is 0. The van der Waals surface area contributed by atoms with E-state index < -0.39 is 0 Å². The van der Waals surface area contributed by atoms with Crippen LogP contribution in [-0.4, -0.2) is 24.8 Å². The van der Waals surface area contributed by atoms with Gasteiger partial charge >= 0.3 is 0 Å². The van der Waals surface area contributed by atoms with Gasteiger partial charge in [-0.2, -0.15) is 0 Å². The highest BCUT2D eigenvalue weighted by Gasteiger charge is 1.97. The average Bonchev–Trinajstić information content (AvgIpc) is 2.16. The van der Waals surface area contributed by atoms with Crippen LogP contribution < -0.4 is 0 Å². The molecule has 0 amide bonds. The summed E-state index contributed by atoms with van der Waals surface area (Å²) in [5.41, 5.74) is 1.29. The first kappa shape index (κ1) is 9.93. The molecule has 0 aliphatic rings. The largest absolute Gasteiger partial charge is 0.303 e. The zero-order chi connectivity index (χ0) is 9.52. The second-order valence-corrected chi connectivity index (χ2v) is 3.18. The van der Waals surface area contributed by atoms with E-state index in [1.165, 1.54) is 5.56 Å². The maximum Gasteiger partial charge on any atom is 0.121 e. The first-order valence-corrected chi connectivity index (χ1v) is 4.49. The Morgan fingerprint density at radius 2 is 2.00 bits per heavy atom. The van der Waals surface area contributed by atoms with Crippen LogP contribution in [0.3, 0.4) is 0 Å². The Balaban J connectivity index is 2.36. The Bertz CT molecular complexity index is 246. The van der Waals surface area contributed by atoms with Gasteiger partial charge in [-0.15, -0.1) is 0 Å². The first-order chi connectivity index (χ1) is 6.33. The Morgan fingerprint density at radius 3 is 2.62 bits per heavy atom. The van der Waals surface area contributed by atoms with E-state index >= 15 is 0 Å². The van der Waals surface area contributed by atoms with Crippen molar-refractivity contribution in [1.29, 1.82) is 0 Å². The molecule has 0 atom stereocenters. The van der Waals surface area contributed by atoms with Crippen molar-refractivity contribution >= 4 is 6.29 Å². The van der Waals surface area contributed by atoms with Crippen LogP contribution in [0.15, 0.2) is 30.3 Å². The van der Waals surface area contributed by atoms with Gasteiger partial charge in [-0.1, -0.05) is 30.3 Å². The molecule has 0 fully saturated rings. The highest BCUT2D eigenvalue weighted by molar-refractivity contribution is 5.49. The lowest BCUT2D eigenvalue weighted by Gasteiger charge is -2.14. The molecular formula is C11H15NO. The zero-order valence-electron chi connectivity index (χ0n) is 7.94. The van der Waals surface area contributed by atoms with Gasteiger partial charge in [0.15, 0.2) is 0 Å². The van der Waals surface area contributed by atoms with Crippen molar-refractivity contribution in [2.24, 2.45) is 0 Å². The molecule has 0 N–H and O–H groups in total. The van der Waals surface area contributed by atoms with Gasteiger partial charge in [-0.25, -0.2) is 0 Å². The minimum absolute atomic E-state index is 0.614. The zero-order valence-corrected chi connectivity index (χ0v) is 7.94. The second kappa shape index (κ2) is 5.49. The molecule has 1 aromatic rings.